The van der Waals surface area contributed by atoms with Crippen LogP contribution in [0.25, 0.3) is 0 Å². The van der Waals surface area contributed by atoms with Crippen molar-refractivity contribution in [2.24, 2.45) is 5.92 Å². The van der Waals surface area contributed by atoms with E-state index in [-0.39, 0.29) is 23.9 Å². The van der Waals surface area contributed by atoms with Crippen LogP contribution in [0.15, 0.2) is 54.6 Å². The van der Waals surface area contributed by atoms with E-state index < -0.39 is 0 Å². The van der Waals surface area contributed by atoms with E-state index in [1.807, 2.05) is 59.5 Å². The van der Waals surface area contributed by atoms with Crippen molar-refractivity contribution in [3.63, 3.8) is 0 Å². The third-order valence-electron chi connectivity index (χ3n) is 5.92. The van der Waals surface area contributed by atoms with Crippen LogP contribution in [0.3, 0.4) is 0 Å². The molecular weight excluding hydrogens is 352 g/mol. The summed E-state index contributed by atoms with van der Waals surface area (Å²) in [6.45, 7) is 0.819. The Bertz CT molecular complexity index is 852. The second-order valence-corrected chi connectivity index (χ2v) is 7.75. The summed E-state index contributed by atoms with van der Waals surface area (Å²) < 4.78 is 5.25. The summed E-state index contributed by atoms with van der Waals surface area (Å²) in [6.07, 6.45) is 3.13. The number of nitrogens with zero attached hydrogens (tertiary/aromatic N) is 1. The number of hydrogen-bond donors (Lipinski definition) is 1. The van der Waals surface area contributed by atoms with Gasteiger partial charge in [-0.3, -0.25) is 9.59 Å². The lowest BCUT2D eigenvalue weighted by atomic mass is 10.0. The quantitative estimate of drug-likeness (QED) is 0.841. The van der Waals surface area contributed by atoms with Gasteiger partial charge in [-0.15, -0.1) is 0 Å². The molecule has 1 heterocycles. The molecule has 2 aliphatic rings. The number of fused-ring (bicyclic) bond motifs is 2. The number of carbonyl (C=O) groups is 2. The first-order valence-corrected chi connectivity index (χ1v) is 9.92. The Labute approximate surface area is 165 Å². The molecule has 2 bridgehead atoms. The van der Waals surface area contributed by atoms with Crippen molar-refractivity contribution < 1.29 is 14.3 Å². The fraction of sp³-hybridized carbons (Fsp3) is 0.391. The van der Waals surface area contributed by atoms with Crippen molar-refractivity contribution in [2.75, 3.05) is 13.7 Å². The number of carbonyl (C=O) groups excluding carboxylic acids is 2. The minimum atomic E-state index is -0.0538. The first kappa shape index (κ1) is 18.5. The minimum Gasteiger partial charge on any atom is -0.497 e. The lowest BCUT2D eigenvalue weighted by Gasteiger charge is -2.34. The van der Waals surface area contributed by atoms with Crippen LogP contribution in [0.5, 0.6) is 5.75 Å². The van der Waals surface area contributed by atoms with Crippen LogP contribution in [0.4, 0.5) is 0 Å². The molecule has 2 aromatic rings. The van der Waals surface area contributed by atoms with E-state index in [1.165, 1.54) is 0 Å². The van der Waals surface area contributed by atoms with Gasteiger partial charge < -0.3 is 15.0 Å². The predicted molar refractivity (Wildman–Crippen MR) is 107 cm³/mol. The predicted octanol–water partition coefficient (Wildman–Crippen LogP) is 3.05. The summed E-state index contributed by atoms with van der Waals surface area (Å²) >= 11 is 0. The number of methoxy groups -OCH3 is 1. The van der Waals surface area contributed by atoms with Crippen LogP contribution in [-0.4, -0.2) is 42.5 Å². The van der Waals surface area contributed by atoms with Gasteiger partial charge in [-0.05, 0) is 55.0 Å². The van der Waals surface area contributed by atoms with Crippen LogP contribution in [-0.2, 0) is 11.2 Å². The van der Waals surface area contributed by atoms with Crippen LogP contribution in [0.2, 0.25) is 0 Å². The Balaban J connectivity index is 1.35. The van der Waals surface area contributed by atoms with E-state index in [2.05, 4.69) is 5.32 Å². The average molecular weight is 378 g/mol. The Morgan fingerprint density at radius 2 is 1.93 bits per heavy atom. The second-order valence-electron chi connectivity index (χ2n) is 7.75. The zero-order valence-corrected chi connectivity index (χ0v) is 16.1. The molecule has 0 aromatic heterocycles. The molecule has 0 unspecified atom stereocenters. The summed E-state index contributed by atoms with van der Waals surface area (Å²) in [5.74, 6) is 1.43. The summed E-state index contributed by atoms with van der Waals surface area (Å²) in [7, 11) is 1.65. The maximum Gasteiger partial charge on any atom is 0.251 e. The second kappa shape index (κ2) is 8.05. The highest BCUT2D eigenvalue weighted by molar-refractivity contribution is 5.94. The topological polar surface area (TPSA) is 58.6 Å². The van der Waals surface area contributed by atoms with Gasteiger partial charge in [-0.25, -0.2) is 0 Å². The summed E-state index contributed by atoms with van der Waals surface area (Å²) in [5.41, 5.74) is 1.77. The van der Waals surface area contributed by atoms with Crippen molar-refractivity contribution in [1.82, 2.24) is 10.2 Å². The number of amides is 2. The minimum absolute atomic E-state index is 0.0484. The number of piperidine rings is 1. The Kier molecular flexibility index (Phi) is 5.33. The first-order valence-electron chi connectivity index (χ1n) is 9.92. The fourth-order valence-electron chi connectivity index (χ4n) is 4.53. The molecule has 5 nitrogen and oxygen atoms in total. The number of rotatable bonds is 6. The van der Waals surface area contributed by atoms with E-state index in [0.29, 0.717) is 24.3 Å². The van der Waals surface area contributed by atoms with Gasteiger partial charge in [0.05, 0.1) is 13.2 Å². The van der Waals surface area contributed by atoms with Crippen molar-refractivity contribution in [3.8, 4) is 5.75 Å². The molecule has 2 fully saturated rings. The van der Waals surface area contributed by atoms with E-state index in [0.717, 1.165) is 30.7 Å². The highest BCUT2D eigenvalue weighted by atomic mass is 16.5. The van der Waals surface area contributed by atoms with E-state index >= 15 is 0 Å². The zero-order chi connectivity index (χ0) is 19.5. The molecular formula is C23H26N2O3. The molecule has 1 saturated heterocycles. The Hall–Kier alpha value is -2.82. The average Bonchev–Trinajstić information content (AvgIpc) is 3.33. The highest BCUT2D eigenvalue weighted by Crippen LogP contribution is 2.38. The van der Waals surface area contributed by atoms with Gasteiger partial charge in [0, 0.05) is 24.6 Å². The Morgan fingerprint density at radius 3 is 2.68 bits per heavy atom. The summed E-state index contributed by atoms with van der Waals surface area (Å²) in [4.78, 5) is 27.3. The van der Waals surface area contributed by atoms with Gasteiger partial charge in [0.1, 0.15) is 5.75 Å². The third-order valence-corrected chi connectivity index (χ3v) is 5.92. The summed E-state index contributed by atoms with van der Waals surface area (Å²) in [6, 6.07) is 17.3. The molecule has 0 spiro atoms. The van der Waals surface area contributed by atoms with Crippen molar-refractivity contribution in [3.05, 3.63) is 65.7 Å². The summed E-state index contributed by atoms with van der Waals surface area (Å²) in [5, 5.41) is 3.15. The molecule has 1 aliphatic heterocycles. The van der Waals surface area contributed by atoms with Gasteiger partial charge in [0.15, 0.2) is 0 Å². The molecule has 5 heteroatoms. The highest BCUT2D eigenvalue weighted by Gasteiger charge is 2.47. The number of likely N-dealkylation sites (tertiary alicyclic amines) is 1. The number of hydrogen-bond acceptors (Lipinski definition) is 3. The molecule has 1 aliphatic carbocycles. The van der Waals surface area contributed by atoms with Crippen molar-refractivity contribution in [1.29, 1.82) is 0 Å². The zero-order valence-electron chi connectivity index (χ0n) is 16.1. The molecule has 2 amide bonds. The number of benzene rings is 2. The van der Waals surface area contributed by atoms with Gasteiger partial charge >= 0.3 is 0 Å². The maximum absolute atomic E-state index is 12.8. The molecule has 146 valence electrons. The molecule has 28 heavy (non-hydrogen) atoms. The standard InChI is InChI=1S/C23H26N2O3/c1-28-19-9-5-6-16(12-19)10-11-22(26)25-15-17-13-20(21(25)14-17)24-23(27)18-7-3-2-4-8-18/h2-9,12,17,20-21H,10-11,13-15H2,1H3,(H,24,27)/t17-,20+,21-/m1/s1. The molecule has 3 atom stereocenters. The Morgan fingerprint density at radius 1 is 1.11 bits per heavy atom. The molecule has 1 saturated carbocycles. The lowest BCUT2D eigenvalue weighted by molar-refractivity contribution is -0.133. The monoisotopic (exact) mass is 378 g/mol. The normalized spacial score (nSPS) is 22.9. The fourth-order valence-corrected chi connectivity index (χ4v) is 4.53. The number of ether oxygens (including phenoxy) is 1. The molecule has 2 aromatic carbocycles. The molecule has 1 N–H and O–H groups in total. The van der Waals surface area contributed by atoms with Gasteiger partial charge in [0.25, 0.3) is 5.91 Å². The van der Waals surface area contributed by atoms with Crippen LogP contribution < -0.4 is 10.1 Å². The van der Waals surface area contributed by atoms with Crippen LogP contribution in [0, 0.1) is 5.92 Å². The number of nitrogens with one attached hydrogen (secondary N) is 1. The lowest BCUT2D eigenvalue weighted by Crippen LogP contribution is -2.52. The van der Waals surface area contributed by atoms with Crippen LogP contribution >= 0.6 is 0 Å². The van der Waals surface area contributed by atoms with E-state index in [9.17, 15) is 9.59 Å². The molecule has 4 rings (SSSR count). The van der Waals surface area contributed by atoms with E-state index in [4.69, 9.17) is 4.74 Å². The smallest absolute Gasteiger partial charge is 0.251 e. The van der Waals surface area contributed by atoms with Crippen molar-refractivity contribution in [2.45, 2.75) is 37.8 Å². The first-order chi connectivity index (χ1) is 13.6. The van der Waals surface area contributed by atoms with Crippen molar-refractivity contribution >= 4 is 11.8 Å². The van der Waals surface area contributed by atoms with Gasteiger partial charge in [-0.1, -0.05) is 30.3 Å². The largest absolute Gasteiger partial charge is 0.497 e. The molecule has 0 radical (unpaired) electrons. The third kappa shape index (κ3) is 3.88. The van der Waals surface area contributed by atoms with Gasteiger partial charge in [-0.2, -0.15) is 0 Å². The SMILES string of the molecule is COc1cccc(CCC(=O)N2C[C@@H]3C[C@H](NC(=O)c4ccccc4)[C@H]2C3)c1. The van der Waals surface area contributed by atoms with Crippen LogP contribution in [0.1, 0.15) is 35.2 Å². The van der Waals surface area contributed by atoms with Gasteiger partial charge in [0.2, 0.25) is 5.91 Å². The van der Waals surface area contributed by atoms with E-state index in [1.54, 1.807) is 7.11 Å². The maximum atomic E-state index is 12.8. The number of aryl methyl sites for hydroxylation is 1.